The Balaban J connectivity index is 2.08. The highest BCUT2D eigenvalue weighted by Gasteiger charge is 2.49. The first kappa shape index (κ1) is 13.3. The van der Waals surface area contributed by atoms with E-state index in [4.69, 9.17) is 4.74 Å². The summed E-state index contributed by atoms with van der Waals surface area (Å²) in [5.74, 6) is -1.54. The molecule has 100 valence electrons. The third-order valence-electron chi connectivity index (χ3n) is 3.81. The maximum Gasteiger partial charge on any atom is 0.191 e. The molecule has 1 aliphatic rings. The summed E-state index contributed by atoms with van der Waals surface area (Å²) in [6.45, 7) is 7.02. The third-order valence-corrected chi connectivity index (χ3v) is 3.81. The van der Waals surface area contributed by atoms with E-state index in [1.165, 1.54) is 18.2 Å². The minimum atomic E-state index is -0.641. The minimum Gasteiger partial charge on any atom is -0.484 e. The Labute approximate surface area is 106 Å². The number of benzene rings is 1. The van der Waals surface area contributed by atoms with Crippen molar-refractivity contribution in [1.82, 2.24) is 5.32 Å². The minimum absolute atomic E-state index is 0.120. The predicted octanol–water partition coefficient (Wildman–Crippen LogP) is 3.12. The van der Waals surface area contributed by atoms with Crippen molar-refractivity contribution in [2.75, 3.05) is 6.54 Å². The van der Waals surface area contributed by atoms with Gasteiger partial charge in [0.2, 0.25) is 0 Å². The van der Waals surface area contributed by atoms with Crippen LogP contribution in [0.2, 0.25) is 0 Å². The Morgan fingerprint density at radius 2 is 1.94 bits per heavy atom. The lowest BCUT2D eigenvalue weighted by Gasteiger charge is -2.51. The van der Waals surface area contributed by atoms with Crippen molar-refractivity contribution in [2.24, 2.45) is 5.41 Å². The average molecular weight is 255 g/mol. The van der Waals surface area contributed by atoms with E-state index in [1.807, 2.05) is 20.8 Å². The van der Waals surface area contributed by atoms with Crippen molar-refractivity contribution in [3.8, 4) is 5.75 Å². The molecule has 1 N–H and O–H groups in total. The average Bonchev–Trinajstić information content (AvgIpc) is 2.31. The van der Waals surface area contributed by atoms with Gasteiger partial charge in [0.1, 0.15) is 6.10 Å². The molecule has 0 aliphatic heterocycles. The number of rotatable bonds is 4. The molecule has 2 unspecified atom stereocenters. The topological polar surface area (TPSA) is 21.3 Å². The maximum absolute atomic E-state index is 13.5. The molecule has 0 aromatic heterocycles. The zero-order valence-electron chi connectivity index (χ0n) is 11.0. The number of ether oxygens (including phenoxy) is 1. The van der Waals surface area contributed by atoms with Crippen LogP contribution in [0.25, 0.3) is 0 Å². The van der Waals surface area contributed by atoms with Crippen LogP contribution >= 0.6 is 0 Å². The van der Waals surface area contributed by atoms with Crippen molar-refractivity contribution in [3.63, 3.8) is 0 Å². The molecule has 1 aromatic rings. The van der Waals surface area contributed by atoms with E-state index in [2.05, 4.69) is 5.32 Å². The molecule has 2 nitrogen and oxygen atoms in total. The van der Waals surface area contributed by atoms with Gasteiger partial charge in [-0.25, -0.2) is 8.78 Å². The summed E-state index contributed by atoms with van der Waals surface area (Å²) in [6.07, 6.45) is 0.613. The van der Waals surface area contributed by atoms with Crippen molar-refractivity contribution in [2.45, 2.75) is 39.3 Å². The number of hydrogen-bond donors (Lipinski definition) is 1. The molecule has 0 bridgehead atoms. The van der Waals surface area contributed by atoms with Crippen LogP contribution < -0.4 is 10.1 Å². The van der Waals surface area contributed by atoms with Gasteiger partial charge in [-0.05, 0) is 18.7 Å². The van der Waals surface area contributed by atoms with E-state index in [-0.39, 0.29) is 17.3 Å². The van der Waals surface area contributed by atoms with Gasteiger partial charge in [-0.3, -0.25) is 0 Å². The molecule has 0 radical (unpaired) electrons. The van der Waals surface area contributed by atoms with Crippen LogP contribution in [0.4, 0.5) is 8.78 Å². The first-order chi connectivity index (χ1) is 8.46. The summed E-state index contributed by atoms with van der Waals surface area (Å²) in [6, 6.07) is 4.10. The zero-order chi connectivity index (χ0) is 13.3. The van der Waals surface area contributed by atoms with Gasteiger partial charge in [0.25, 0.3) is 0 Å². The fraction of sp³-hybridized carbons (Fsp3) is 0.571. The van der Waals surface area contributed by atoms with E-state index >= 15 is 0 Å². The van der Waals surface area contributed by atoms with Crippen LogP contribution in [-0.4, -0.2) is 18.7 Å². The SMILES string of the molecule is CCNC1CC(Oc2c(F)cccc2F)C1(C)C. The number of para-hydroxylation sites is 1. The molecular formula is C14H19F2NO. The van der Waals surface area contributed by atoms with Crippen LogP contribution in [0, 0.1) is 17.0 Å². The quantitative estimate of drug-likeness (QED) is 0.892. The highest BCUT2D eigenvalue weighted by Crippen LogP contribution is 2.43. The Morgan fingerprint density at radius 1 is 1.33 bits per heavy atom. The molecule has 2 atom stereocenters. The van der Waals surface area contributed by atoms with E-state index in [0.717, 1.165) is 13.0 Å². The monoisotopic (exact) mass is 255 g/mol. The number of hydrogen-bond acceptors (Lipinski definition) is 2. The third kappa shape index (κ3) is 2.21. The molecule has 0 amide bonds. The summed E-state index contributed by atoms with van der Waals surface area (Å²) in [5.41, 5.74) is -0.120. The Morgan fingerprint density at radius 3 is 2.44 bits per heavy atom. The largest absolute Gasteiger partial charge is 0.484 e. The van der Waals surface area contributed by atoms with Crippen molar-refractivity contribution < 1.29 is 13.5 Å². The van der Waals surface area contributed by atoms with Crippen molar-refractivity contribution in [3.05, 3.63) is 29.8 Å². The second kappa shape index (κ2) is 4.84. The molecule has 1 aliphatic carbocycles. The van der Waals surface area contributed by atoms with Crippen LogP contribution in [0.3, 0.4) is 0 Å². The molecule has 2 rings (SSSR count). The van der Waals surface area contributed by atoms with Gasteiger partial charge in [-0.1, -0.05) is 26.8 Å². The second-order valence-corrected chi connectivity index (χ2v) is 5.32. The summed E-state index contributed by atoms with van der Waals surface area (Å²) in [5, 5.41) is 3.35. The van der Waals surface area contributed by atoms with Gasteiger partial charge in [0.05, 0.1) is 0 Å². The van der Waals surface area contributed by atoms with Gasteiger partial charge in [-0.2, -0.15) is 0 Å². The first-order valence-corrected chi connectivity index (χ1v) is 6.30. The summed E-state index contributed by atoms with van der Waals surface area (Å²) in [7, 11) is 0. The van der Waals surface area contributed by atoms with Crippen molar-refractivity contribution >= 4 is 0 Å². The zero-order valence-corrected chi connectivity index (χ0v) is 11.0. The number of nitrogens with one attached hydrogen (secondary N) is 1. The number of halogens is 2. The van der Waals surface area contributed by atoms with Crippen LogP contribution in [0.5, 0.6) is 5.75 Å². The molecule has 0 spiro atoms. The van der Waals surface area contributed by atoms with E-state index < -0.39 is 11.6 Å². The summed E-state index contributed by atoms with van der Waals surface area (Å²) >= 11 is 0. The molecule has 18 heavy (non-hydrogen) atoms. The lowest BCUT2D eigenvalue weighted by atomic mass is 9.64. The molecule has 1 fully saturated rings. The fourth-order valence-corrected chi connectivity index (χ4v) is 2.42. The normalized spacial score (nSPS) is 25.6. The fourth-order valence-electron chi connectivity index (χ4n) is 2.42. The van der Waals surface area contributed by atoms with Gasteiger partial charge in [0, 0.05) is 17.9 Å². The van der Waals surface area contributed by atoms with Crippen LogP contribution in [-0.2, 0) is 0 Å². The van der Waals surface area contributed by atoms with Gasteiger partial charge < -0.3 is 10.1 Å². The second-order valence-electron chi connectivity index (χ2n) is 5.32. The van der Waals surface area contributed by atoms with E-state index in [0.29, 0.717) is 6.04 Å². The Kier molecular flexibility index (Phi) is 3.57. The van der Waals surface area contributed by atoms with E-state index in [9.17, 15) is 8.78 Å². The molecule has 0 saturated heterocycles. The molecule has 1 aromatic carbocycles. The molecular weight excluding hydrogens is 236 g/mol. The van der Waals surface area contributed by atoms with Gasteiger partial charge in [-0.15, -0.1) is 0 Å². The van der Waals surface area contributed by atoms with Crippen molar-refractivity contribution in [1.29, 1.82) is 0 Å². The van der Waals surface area contributed by atoms with E-state index in [1.54, 1.807) is 0 Å². The molecule has 4 heteroatoms. The smallest absolute Gasteiger partial charge is 0.191 e. The Hall–Kier alpha value is -1.16. The lowest BCUT2D eigenvalue weighted by Crippen LogP contribution is -2.62. The predicted molar refractivity (Wildman–Crippen MR) is 66.6 cm³/mol. The lowest BCUT2D eigenvalue weighted by molar-refractivity contribution is -0.0576. The highest BCUT2D eigenvalue weighted by molar-refractivity contribution is 5.27. The highest BCUT2D eigenvalue weighted by atomic mass is 19.1. The molecule has 1 saturated carbocycles. The van der Waals surface area contributed by atoms with Crippen LogP contribution in [0.1, 0.15) is 27.2 Å². The summed E-state index contributed by atoms with van der Waals surface area (Å²) < 4.78 is 32.5. The Bertz CT molecular complexity index is 414. The van der Waals surface area contributed by atoms with Crippen LogP contribution in [0.15, 0.2) is 18.2 Å². The first-order valence-electron chi connectivity index (χ1n) is 6.30. The molecule has 0 heterocycles. The standard InChI is InChI=1S/C14H19F2NO/c1-4-17-11-8-12(14(11,2)3)18-13-9(15)6-5-7-10(13)16/h5-7,11-12,17H,4,8H2,1-3H3. The van der Waals surface area contributed by atoms with Gasteiger partial charge >= 0.3 is 0 Å². The summed E-state index contributed by atoms with van der Waals surface area (Å²) in [4.78, 5) is 0. The van der Waals surface area contributed by atoms with Gasteiger partial charge in [0.15, 0.2) is 17.4 Å². The maximum atomic E-state index is 13.5.